The first-order chi connectivity index (χ1) is 16.3. The SMILES string of the molecule is CC12CCC(C/C1=N\N=C1/NC(=O)/C(=C/c3ccc4noc(-c5ccccc5)c4c3)S1)C2(C)C. The molecule has 3 fully saturated rings. The quantitative estimate of drug-likeness (QED) is 0.362. The van der Waals surface area contributed by atoms with Crippen molar-refractivity contribution in [2.24, 2.45) is 27.0 Å². The fourth-order valence-corrected chi connectivity index (χ4v) is 6.43. The molecule has 2 heterocycles. The van der Waals surface area contributed by atoms with Crippen molar-refractivity contribution in [2.75, 3.05) is 0 Å². The molecule has 2 atom stereocenters. The zero-order chi connectivity index (χ0) is 23.5. The standard InChI is InChI=1S/C27H26N4O2S/c1-26(2)18-11-12-27(26,3)22(15-18)29-30-25-28-24(32)21(34-25)14-16-9-10-20-19(13-16)23(33-31-20)17-7-5-4-6-8-17/h4-10,13-14,18H,11-12,15H2,1-3H3,(H,28,30,32)/b21-14-,29-22+. The van der Waals surface area contributed by atoms with Gasteiger partial charge in [0.2, 0.25) is 0 Å². The number of hydrogen-bond acceptors (Lipinski definition) is 6. The van der Waals surface area contributed by atoms with Crippen LogP contribution >= 0.6 is 11.8 Å². The van der Waals surface area contributed by atoms with Crippen molar-refractivity contribution in [2.45, 2.75) is 40.0 Å². The molecule has 2 aliphatic carbocycles. The van der Waals surface area contributed by atoms with E-state index in [1.54, 1.807) is 0 Å². The van der Waals surface area contributed by atoms with Gasteiger partial charge >= 0.3 is 0 Å². The van der Waals surface area contributed by atoms with Gasteiger partial charge in [0.15, 0.2) is 10.9 Å². The summed E-state index contributed by atoms with van der Waals surface area (Å²) in [5.41, 5.74) is 4.17. The number of carbonyl (C=O) groups excluding carboxylic acids is 1. The zero-order valence-corrected chi connectivity index (χ0v) is 20.3. The summed E-state index contributed by atoms with van der Waals surface area (Å²) in [5.74, 6) is 1.24. The largest absolute Gasteiger partial charge is 0.355 e. The maximum absolute atomic E-state index is 12.6. The van der Waals surface area contributed by atoms with Gasteiger partial charge in [0.1, 0.15) is 5.52 Å². The minimum absolute atomic E-state index is 0.0954. The van der Waals surface area contributed by atoms with E-state index in [4.69, 9.17) is 4.52 Å². The third-order valence-corrected chi connectivity index (χ3v) is 9.16. The van der Waals surface area contributed by atoms with Crippen LogP contribution in [-0.4, -0.2) is 21.9 Å². The molecule has 2 aromatic carbocycles. The van der Waals surface area contributed by atoms with Gasteiger partial charge in [-0.15, -0.1) is 5.10 Å². The lowest BCUT2D eigenvalue weighted by Crippen LogP contribution is -2.32. The van der Waals surface area contributed by atoms with E-state index in [-0.39, 0.29) is 16.7 Å². The molecular formula is C27H26N4O2S. The van der Waals surface area contributed by atoms with E-state index in [0.717, 1.165) is 40.6 Å². The predicted octanol–water partition coefficient (Wildman–Crippen LogP) is 6.26. The van der Waals surface area contributed by atoms with Crippen LogP contribution in [0.2, 0.25) is 0 Å². The molecule has 2 saturated carbocycles. The summed E-state index contributed by atoms with van der Waals surface area (Å²) in [6.45, 7) is 7.01. The number of fused-ring (bicyclic) bond motifs is 3. The number of aromatic nitrogens is 1. The molecular weight excluding hydrogens is 444 g/mol. The number of benzene rings is 2. The fourth-order valence-electron chi connectivity index (χ4n) is 5.66. The first-order valence-corrected chi connectivity index (χ1v) is 12.5. The Balaban J connectivity index is 1.27. The minimum atomic E-state index is -0.155. The van der Waals surface area contributed by atoms with E-state index < -0.39 is 0 Å². The third-order valence-electron chi connectivity index (χ3n) is 8.26. The maximum atomic E-state index is 12.6. The smallest absolute Gasteiger partial charge is 0.264 e. The molecule has 3 aliphatic rings. The highest BCUT2D eigenvalue weighted by atomic mass is 32.2. The first kappa shape index (κ1) is 21.4. The molecule has 0 radical (unpaired) electrons. The Labute approximate surface area is 202 Å². The predicted molar refractivity (Wildman–Crippen MR) is 137 cm³/mol. The molecule has 1 aliphatic heterocycles. The van der Waals surface area contributed by atoms with Crippen LogP contribution < -0.4 is 5.32 Å². The minimum Gasteiger partial charge on any atom is -0.355 e. The molecule has 2 bridgehead atoms. The first-order valence-electron chi connectivity index (χ1n) is 11.7. The number of nitrogens with zero attached hydrogens (tertiary/aromatic N) is 3. The van der Waals surface area contributed by atoms with Crippen LogP contribution in [0, 0.1) is 16.7 Å². The second-order valence-corrected chi connectivity index (χ2v) is 11.2. The summed E-state index contributed by atoms with van der Waals surface area (Å²) in [4.78, 5) is 13.2. The Bertz CT molecular complexity index is 1400. The van der Waals surface area contributed by atoms with Gasteiger partial charge in [0.25, 0.3) is 5.91 Å². The van der Waals surface area contributed by atoms with Crippen molar-refractivity contribution in [3.05, 3.63) is 59.0 Å². The molecule has 172 valence electrons. The molecule has 1 saturated heterocycles. The normalized spacial score (nSPS) is 29.1. The number of nitrogens with one attached hydrogen (secondary N) is 1. The van der Waals surface area contributed by atoms with Crippen molar-refractivity contribution < 1.29 is 9.32 Å². The number of rotatable bonds is 3. The number of hydrogen-bond donors (Lipinski definition) is 1. The number of amides is 1. The zero-order valence-electron chi connectivity index (χ0n) is 19.5. The van der Waals surface area contributed by atoms with Gasteiger partial charge in [-0.3, -0.25) is 10.1 Å². The topological polar surface area (TPSA) is 79.9 Å². The van der Waals surface area contributed by atoms with Gasteiger partial charge in [-0.1, -0.05) is 62.3 Å². The Morgan fingerprint density at radius 2 is 1.97 bits per heavy atom. The molecule has 0 spiro atoms. The molecule has 1 amide bonds. The highest BCUT2D eigenvalue weighted by molar-refractivity contribution is 8.18. The third kappa shape index (κ3) is 3.25. The van der Waals surface area contributed by atoms with Gasteiger partial charge in [-0.05, 0) is 66.1 Å². The molecule has 6 rings (SSSR count). The van der Waals surface area contributed by atoms with E-state index in [1.807, 2.05) is 54.6 Å². The molecule has 7 heteroatoms. The monoisotopic (exact) mass is 470 g/mol. The van der Waals surface area contributed by atoms with Gasteiger partial charge in [0.05, 0.1) is 10.3 Å². The molecule has 3 aromatic rings. The summed E-state index contributed by atoms with van der Waals surface area (Å²) in [7, 11) is 0. The van der Waals surface area contributed by atoms with Gasteiger partial charge in [-0.2, -0.15) is 5.10 Å². The van der Waals surface area contributed by atoms with Crippen LogP contribution in [0.15, 0.2) is 68.2 Å². The lowest BCUT2D eigenvalue weighted by molar-refractivity contribution is -0.115. The summed E-state index contributed by atoms with van der Waals surface area (Å²) >= 11 is 1.33. The highest BCUT2D eigenvalue weighted by Gasteiger charge is 2.60. The Morgan fingerprint density at radius 1 is 1.15 bits per heavy atom. The molecule has 6 nitrogen and oxygen atoms in total. The van der Waals surface area contributed by atoms with Crippen LogP contribution in [0.1, 0.15) is 45.6 Å². The lowest BCUT2D eigenvalue weighted by atomic mass is 9.70. The van der Waals surface area contributed by atoms with E-state index in [1.165, 1.54) is 23.9 Å². The van der Waals surface area contributed by atoms with Crippen molar-refractivity contribution in [3.8, 4) is 11.3 Å². The van der Waals surface area contributed by atoms with Gasteiger partial charge < -0.3 is 4.52 Å². The Morgan fingerprint density at radius 3 is 2.71 bits per heavy atom. The van der Waals surface area contributed by atoms with Crippen LogP contribution in [0.4, 0.5) is 0 Å². The van der Waals surface area contributed by atoms with Gasteiger partial charge in [0, 0.05) is 16.7 Å². The van der Waals surface area contributed by atoms with Crippen LogP contribution in [0.3, 0.4) is 0 Å². The van der Waals surface area contributed by atoms with Crippen molar-refractivity contribution in [1.82, 2.24) is 10.5 Å². The molecule has 1 aromatic heterocycles. The van der Waals surface area contributed by atoms with E-state index in [9.17, 15) is 4.79 Å². The van der Waals surface area contributed by atoms with Crippen LogP contribution in [0.25, 0.3) is 28.3 Å². The number of thioether (sulfide) groups is 1. The van der Waals surface area contributed by atoms with E-state index >= 15 is 0 Å². The van der Waals surface area contributed by atoms with Crippen molar-refractivity contribution in [3.63, 3.8) is 0 Å². The average molecular weight is 471 g/mol. The lowest BCUT2D eigenvalue weighted by Gasteiger charge is -2.34. The fraction of sp³-hybridized carbons (Fsp3) is 0.333. The van der Waals surface area contributed by atoms with Gasteiger partial charge in [-0.25, -0.2) is 0 Å². The number of carbonyl (C=O) groups is 1. The molecule has 1 N–H and O–H groups in total. The van der Waals surface area contributed by atoms with Crippen molar-refractivity contribution >= 4 is 45.5 Å². The second kappa shape index (κ2) is 7.67. The van der Waals surface area contributed by atoms with E-state index in [0.29, 0.717) is 16.0 Å². The summed E-state index contributed by atoms with van der Waals surface area (Å²) in [6.07, 6.45) is 5.30. The highest BCUT2D eigenvalue weighted by Crippen LogP contribution is 2.64. The summed E-state index contributed by atoms with van der Waals surface area (Å²) in [5, 5.41) is 17.6. The van der Waals surface area contributed by atoms with Crippen LogP contribution in [0.5, 0.6) is 0 Å². The molecule has 2 unspecified atom stereocenters. The van der Waals surface area contributed by atoms with E-state index in [2.05, 4.69) is 41.4 Å². The van der Waals surface area contributed by atoms with Crippen molar-refractivity contribution in [1.29, 1.82) is 0 Å². The summed E-state index contributed by atoms with van der Waals surface area (Å²) < 4.78 is 5.60. The van der Waals surface area contributed by atoms with Crippen LogP contribution in [-0.2, 0) is 4.79 Å². The Kier molecular flexibility index (Phi) is 4.81. The maximum Gasteiger partial charge on any atom is 0.264 e. The average Bonchev–Trinajstić information content (AvgIpc) is 3.51. The number of amidine groups is 1. The Hall–Kier alpha value is -3.19. The second-order valence-electron chi connectivity index (χ2n) is 10.2. The summed E-state index contributed by atoms with van der Waals surface area (Å²) in [6, 6.07) is 15.7. The molecule has 34 heavy (non-hydrogen) atoms.